The van der Waals surface area contributed by atoms with E-state index in [4.69, 9.17) is 16.3 Å². The predicted octanol–water partition coefficient (Wildman–Crippen LogP) is 5.55. The van der Waals surface area contributed by atoms with Crippen LogP contribution in [0.2, 0.25) is 5.02 Å². The largest absolute Gasteiger partial charge is 0.492 e. The van der Waals surface area contributed by atoms with E-state index in [1.54, 1.807) is 11.0 Å². The number of anilines is 1. The van der Waals surface area contributed by atoms with Gasteiger partial charge in [-0.3, -0.25) is 34.0 Å². The first-order valence-corrected chi connectivity index (χ1v) is 22.4. The van der Waals surface area contributed by atoms with Crippen molar-refractivity contribution in [3.05, 3.63) is 92.0 Å². The molecule has 1 aliphatic carbocycles. The van der Waals surface area contributed by atoms with Gasteiger partial charge in [0, 0.05) is 73.0 Å². The van der Waals surface area contributed by atoms with Crippen LogP contribution in [0.5, 0.6) is 5.75 Å². The molecule has 3 aromatic carbocycles. The Bertz CT molecular complexity index is 2530. The Morgan fingerprint density at radius 3 is 2.42 bits per heavy atom. The number of aromatic nitrogens is 2. The second kappa shape index (κ2) is 14.1. The molecule has 1 atom stereocenters. The second-order valence-electron chi connectivity index (χ2n) is 19.0. The van der Waals surface area contributed by atoms with Crippen LogP contribution in [0.15, 0.2) is 53.3 Å². The van der Waals surface area contributed by atoms with Crippen LogP contribution in [0.4, 0.5) is 5.69 Å². The molecule has 7 heterocycles. The number of hydrogen-bond donors (Lipinski definition) is 1. The highest BCUT2D eigenvalue weighted by Crippen LogP contribution is 2.50. The van der Waals surface area contributed by atoms with E-state index >= 15 is 0 Å². The van der Waals surface area contributed by atoms with E-state index in [9.17, 15) is 19.2 Å². The Labute approximate surface area is 354 Å². The number of carbonyl (C=O) groups excluding carboxylic acids is 3. The molecule has 1 spiro atoms. The molecule has 60 heavy (non-hydrogen) atoms. The predicted molar refractivity (Wildman–Crippen MR) is 229 cm³/mol. The highest BCUT2D eigenvalue weighted by molar-refractivity contribution is 6.35. The van der Waals surface area contributed by atoms with E-state index < -0.39 is 11.5 Å². The molecule has 0 unspecified atom stereocenters. The number of nitrogens with one attached hydrogen (secondary N) is 1. The number of amides is 3. The summed E-state index contributed by atoms with van der Waals surface area (Å²) >= 11 is 6.53. The van der Waals surface area contributed by atoms with Gasteiger partial charge >= 0.3 is 0 Å². The number of hydrogen-bond acceptors (Lipinski definition) is 9. The summed E-state index contributed by atoms with van der Waals surface area (Å²) < 4.78 is 8.58. The zero-order valence-corrected chi connectivity index (χ0v) is 35.2. The molecule has 3 amide bonds. The average Bonchev–Trinajstić information content (AvgIpc) is 3.85. The molecule has 7 aliphatic rings. The standard InChI is InChI=1S/C47H52ClN7O5/c1-46(2)33-12-10-30(24-38(33)55-36-5-3-4-35(48)40(36)43(58)50-45(46)55)53-22-20-52(21-23-53)29-8-6-28(7-9-29)25-51-18-16-47(17-19-51)27-60-41-32-26-54(37-14-15-39(56)49-42(37)57)44(59)31(32)11-13-34(41)47/h3-5,10-13,24,28-29,37H,6-9,14-23,25-27H2,1-2H3,(H,49,56,57)/t28?,29?,37-/m0/s1. The number of carbonyl (C=O) groups is 3. The zero-order chi connectivity index (χ0) is 41.1. The van der Waals surface area contributed by atoms with Gasteiger partial charge in [-0.1, -0.05) is 29.8 Å². The summed E-state index contributed by atoms with van der Waals surface area (Å²) in [5.41, 5.74) is 6.32. The monoisotopic (exact) mass is 829 g/mol. The third-order valence-electron chi connectivity index (χ3n) is 15.4. The van der Waals surface area contributed by atoms with Gasteiger partial charge in [-0.15, -0.1) is 0 Å². The van der Waals surface area contributed by atoms with Crippen molar-refractivity contribution in [3.8, 4) is 11.4 Å². The topological polar surface area (TPSA) is 120 Å². The van der Waals surface area contributed by atoms with Gasteiger partial charge < -0.3 is 19.4 Å². The van der Waals surface area contributed by atoms with Crippen LogP contribution in [0.1, 0.15) is 98.1 Å². The van der Waals surface area contributed by atoms with Crippen molar-refractivity contribution in [3.63, 3.8) is 0 Å². The number of likely N-dealkylation sites (tertiary alicyclic amines) is 1. The lowest BCUT2D eigenvalue weighted by Crippen LogP contribution is -2.52. The van der Waals surface area contributed by atoms with E-state index in [0.29, 0.717) is 41.6 Å². The first-order chi connectivity index (χ1) is 29.0. The number of nitrogens with zero attached hydrogens (tertiary/aromatic N) is 6. The van der Waals surface area contributed by atoms with Crippen molar-refractivity contribution >= 4 is 45.9 Å². The molecule has 4 fully saturated rings. The molecule has 1 saturated carbocycles. The quantitative estimate of drug-likeness (QED) is 0.259. The molecule has 0 radical (unpaired) electrons. The minimum absolute atomic E-state index is 0.0347. The number of piperazine rings is 1. The van der Waals surface area contributed by atoms with Gasteiger partial charge in [0.25, 0.3) is 11.5 Å². The van der Waals surface area contributed by atoms with Gasteiger partial charge in [-0.05, 0) is 114 Å². The molecule has 11 rings (SSSR count). The van der Waals surface area contributed by atoms with Gasteiger partial charge in [0.1, 0.15) is 17.6 Å². The lowest BCUT2D eigenvalue weighted by molar-refractivity contribution is -0.136. The zero-order valence-electron chi connectivity index (χ0n) is 34.5. The summed E-state index contributed by atoms with van der Waals surface area (Å²) in [5.74, 6) is 1.53. The van der Waals surface area contributed by atoms with Crippen molar-refractivity contribution in [1.29, 1.82) is 0 Å². The number of fused-ring (bicyclic) bond motifs is 9. The van der Waals surface area contributed by atoms with Gasteiger partial charge in [0.05, 0.1) is 40.2 Å². The molecule has 6 aliphatic heterocycles. The number of rotatable bonds is 5. The van der Waals surface area contributed by atoms with E-state index in [2.05, 4.69) is 67.7 Å². The molecule has 1 N–H and O–H groups in total. The maximum atomic E-state index is 13.4. The minimum Gasteiger partial charge on any atom is -0.492 e. The lowest BCUT2D eigenvalue weighted by atomic mass is 9.73. The Balaban J connectivity index is 0.684. The van der Waals surface area contributed by atoms with Crippen molar-refractivity contribution in [1.82, 2.24) is 29.6 Å². The Kier molecular flexibility index (Phi) is 8.99. The first kappa shape index (κ1) is 38.2. The second-order valence-corrected chi connectivity index (χ2v) is 19.4. The number of benzene rings is 3. The molecule has 3 saturated heterocycles. The Morgan fingerprint density at radius 2 is 1.65 bits per heavy atom. The number of piperidine rings is 2. The normalized spacial score (nSPS) is 25.9. The molecular weight excluding hydrogens is 778 g/mol. The molecule has 312 valence electrons. The Morgan fingerprint density at radius 1 is 0.883 bits per heavy atom. The maximum Gasteiger partial charge on any atom is 0.282 e. The fraction of sp³-hybridized carbons (Fsp3) is 0.511. The molecule has 0 bridgehead atoms. The van der Waals surface area contributed by atoms with Gasteiger partial charge in [-0.2, -0.15) is 4.98 Å². The molecule has 1 aromatic heterocycles. The van der Waals surface area contributed by atoms with Crippen LogP contribution in [-0.2, 0) is 27.0 Å². The van der Waals surface area contributed by atoms with Gasteiger partial charge in [0.15, 0.2) is 0 Å². The summed E-state index contributed by atoms with van der Waals surface area (Å²) in [4.78, 5) is 65.0. The van der Waals surface area contributed by atoms with Crippen LogP contribution in [0.3, 0.4) is 0 Å². The van der Waals surface area contributed by atoms with Crippen LogP contribution in [0.25, 0.3) is 16.6 Å². The minimum atomic E-state index is -0.622. The van der Waals surface area contributed by atoms with E-state index in [0.717, 1.165) is 92.9 Å². The third kappa shape index (κ3) is 5.95. The highest BCUT2D eigenvalue weighted by atomic mass is 35.5. The molecular formula is C47H52ClN7O5. The maximum absolute atomic E-state index is 13.4. The fourth-order valence-electron chi connectivity index (χ4n) is 11.9. The Hall–Kier alpha value is -4.78. The smallest absolute Gasteiger partial charge is 0.282 e. The van der Waals surface area contributed by atoms with Crippen LogP contribution < -0.4 is 20.5 Å². The van der Waals surface area contributed by atoms with Crippen molar-refractivity contribution in [2.45, 2.75) is 94.7 Å². The average molecular weight is 830 g/mol. The van der Waals surface area contributed by atoms with Crippen molar-refractivity contribution < 1.29 is 19.1 Å². The molecule has 13 heteroatoms. The third-order valence-corrected chi connectivity index (χ3v) is 15.7. The van der Waals surface area contributed by atoms with Crippen LogP contribution in [0, 0.1) is 5.92 Å². The summed E-state index contributed by atoms with van der Waals surface area (Å²) in [6, 6.07) is 16.5. The van der Waals surface area contributed by atoms with Crippen LogP contribution in [-0.4, -0.2) is 106 Å². The van der Waals surface area contributed by atoms with Gasteiger partial charge in [-0.25, -0.2) is 0 Å². The highest BCUT2D eigenvalue weighted by Gasteiger charge is 2.48. The van der Waals surface area contributed by atoms with Crippen molar-refractivity contribution in [2.24, 2.45) is 5.92 Å². The van der Waals surface area contributed by atoms with E-state index in [1.807, 2.05) is 18.2 Å². The summed E-state index contributed by atoms with van der Waals surface area (Å²) in [6.45, 7) is 12.6. The summed E-state index contributed by atoms with van der Waals surface area (Å²) in [6.07, 6.45) is 7.75. The first-order valence-electron chi connectivity index (χ1n) is 22.0. The summed E-state index contributed by atoms with van der Waals surface area (Å²) in [7, 11) is 0. The van der Waals surface area contributed by atoms with E-state index in [-0.39, 0.29) is 35.1 Å². The van der Waals surface area contributed by atoms with E-state index in [1.165, 1.54) is 42.5 Å². The molecule has 4 aromatic rings. The van der Waals surface area contributed by atoms with Crippen LogP contribution >= 0.6 is 11.6 Å². The number of imide groups is 1. The number of ether oxygens (including phenoxy) is 1. The molecule has 12 nitrogen and oxygen atoms in total. The van der Waals surface area contributed by atoms with Crippen molar-refractivity contribution in [2.75, 3.05) is 57.3 Å². The van der Waals surface area contributed by atoms with Gasteiger partial charge in [0.2, 0.25) is 11.8 Å². The lowest BCUT2D eigenvalue weighted by Gasteiger charge is -2.44. The fourth-order valence-corrected chi connectivity index (χ4v) is 12.2. The summed E-state index contributed by atoms with van der Waals surface area (Å²) in [5, 5.41) is 3.31. The number of halogens is 1. The SMILES string of the molecule is CC1(C)c2ccc(N3CCN(C4CCC(CN5CCC6(CC5)COc5c6ccc6c5CN([C@H]5CCC(=O)NC5=O)C6=O)CC4)CC3)cc2-n2c1nc(=O)c1c(Cl)cccc12.